The molecular formula is C13H20O. The van der Waals surface area contributed by atoms with Crippen LogP contribution in [0.15, 0.2) is 48.8 Å². The molecule has 78 valence electrons. The number of allylic oxidation sites excluding steroid dienone is 5. The first-order valence-corrected chi connectivity index (χ1v) is 4.90. The lowest BCUT2D eigenvalue weighted by atomic mass is 10.2. The highest BCUT2D eigenvalue weighted by molar-refractivity contribution is 5.08. The zero-order valence-electron chi connectivity index (χ0n) is 9.36. The van der Waals surface area contributed by atoms with Crippen LogP contribution in [0.1, 0.15) is 20.8 Å². The molecule has 0 aromatic heterocycles. The van der Waals surface area contributed by atoms with Gasteiger partial charge >= 0.3 is 0 Å². The SMILES string of the molecule is C=C(C)C=COCC=CC=CC(C)C. The Hall–Kier alpha value is -1.24. The molecule has 0 saturated carbocycles. The van der Waals surface area contributed by atoms with Gasteiger partial charge in [0.25, 0.3) is 0 Å². The van der Waals surface area contributed by atoms with E-state index in [4.69, 9.17) is 4.74 Å². The molecule has 1 heteroatoms. The molecule has 14 heavy (non-hydrogen) atoms. The first-order valence-electron chi connectivity index (χ1n) is 4.90. The third-order valence-electron chi connectivity index (χ3n) is 1.38. The molecule has 1 nitrogen and oxygen atoms in total. The monoisotopic (exact) mass is 192 g/mol. The molecule has 0 unspecified atom stereocenters. The van der Waals surface area contributed by atoms with Crippen molar-refractivity contribution in [3.05, 3.63) is 48.8 Å². The maximum atomic E-state index is 5.19. The van der Waals surface area contributed by atoms with Crippen molar-refractivity contribution < 1.29 is 4.74 Å². The summed E-state index contributed by atoms with van der Waals surface area (Å²) in [6.07, 6.45) is 11.7. The van der Waals surface area contributed by atoms with E-state index in [-0.39, 0.29) is 0 Å². The molecule has 0 heterocycles. The standard InChI is InChI=1S/C13H20O/c1-12(2)8-6-5-7-10-14-11-9-13(3)4/h5-9,11-12H,3,10H2,1-2,4H3. The third-order valence-corrected chi connectivity index (χ3v) is 1.38. The van der Waals surface area contributed by atoms with Crippen molar-refractivity contribution in [3.63, 3.8) is 0 Å². The maximum Gasteiger partial charge on any atom is 0.106 e. The summed E-state index contributed by atoms with van der Waals surface area (Å²) < 4.78 is 5.19. The number of hydrogen-bond acceptors (Lipinski definition) is 1. The van der Waals surface area contributed by atoms with Crippen molar-refractivity contribution >= 4 is 0 Å². The Balaban J connectivity index is 3.49. The van der Waals surface area contributed by atoms with Crippen LogP contribution in [0.4, 0.5) is 0 Å². The molecule has 0 aromatic rings. The first kappa shape index (κ1) is 12.8. The minimum absolute atomic E-state index is 0.601. The van der Waals surface area contributed by atoms with Gasteiger partial charge in [-0.3, -0.25) is 0 Å². The minimum Gasteiger partial charge on any atom is -0.497 e. The number of ether oxygens (including phenoxy) is 1. The predicted octanol–water partition coefficient (Wildman–Crippen LogP) is 3.86. The molecule has 0 fully saturated rings. The van der Waals surface area contributed by atoms with Gasteiger partial charge in [-0.1, -0.05) is 44.2 Å². The third kappa shape index (κ3) is 10.8. The van der Waals surface area contributed by atoms with Gasteiger partial charge in [-0.2, -0.15) is 0 Å². The van der Waals surface area contributed by atoms with Crippen LogP contribution in [0.25, 0.3) is 0 Å². The summed E-state index contributed by atoms with van der Waals surface area (Å²) in [6.45, 7) is 10.6. The molecule has 0 rings (SSSR count). The second-order valence-corrected chi connectivity index (χ2v) is 3.54. The summed E-state index contributed by atoms with van der Waals surface area (Å²) in [5.74, 6) is 0.601. The smallest absolute Gasteiger partial charge is 0.106 e. The van der Waals surface area contributed by atoms with Crippen LogP contribution in [-0.4, -0.2) is 6.61 Å². The summed E-state index contributed by atoms with van der Waals surface area (Å²) in [7, 11) is 0. The van der Waals surface area contributed by atoms with Crippen molar-refractivity contribution in [1.82, 2.24) is 0 Å². The fraction of sp³-hybridized carbons (Fsp3) is 0.385. The van der Waals surface area contributed by atoms with Crippen LogP contribution in [0, 0.1) is 5.92 Å². The van der Waals surface area contributed by atoms with Crippen molar-refractivity contribution in [2.24, 2.45) is 5.92 Å². The normalized spacial score (nSPS) is 12.3. The molecule has 0 radical (unpaired) electrons. The predicted molar refractivity (Wildman–Crippen MR) is 63.0 cm³/mol. The highest BCUT2D eigenvalue weighted by Gasteiger charge is 1.79. The second kappa shape index (κ2) is 8.36. The Kier molecular flexibility index (Phi) is 7.62. The molecule has 0 spiro atoms. The van der Waals surface area contributed by atoms with Crippen molar-refractivity contribution in [1.29, 1.82) is 0 Å². The zero-order valence-corrected chi connectivity index (χ0v) is 9.36. The van der Waals surface area contributed by atoms with Gasteiger partial charge in [0.05, 0.1) is 6.26 Å². The molecule has 0 aromatic carbocycles. The fourth-order valence-electron chi connectivity index (χ4n) is 0.696. The quantitative estimate of drug-likeness (QED) is 0.353. The summed E-state index contributed by atoms with van der Waals surface area (Å²) >= 11 is 0. The maximum absolute atomic E-state index is 5.19. The number of hydrogen-bond donors (Lipinski definition) is 0. The van der Waals surface area contributed by atoms with Crippen molar-refractivity contribution in [2.75, 3.05) is 6.61 Å². The topological polar surface area (TPSA) is 9.23 Å². The van der Waals surface area contributed by atoms with Crippen LogP contribution in [0.5, 0.6) is 0 Å². The van der Waals surface area contributed by atoms with Crippen LogP contribution in [0.2, 0.25) is 0 Å². The highest BCUT2D eigenvalue weighted by Crippen LogP contribution is 1.93. The molecule has 0 saturated heterocycles. The van der Waals surface area contributed by atoms with E-state index in [1.54, 1.807) is 6.26 Å². The van der Waals surface area contributed by atoms with Crippen molar-refractivity contribution in [2.45, 2.75) is 20.8 Å². The molecular weight excluding hydrogens is 172 g/mol. The molecule has 0 N–H and O–H groups in total. The van der Waals surface area contributed by atoms with E-state index in [0.29, 0.717) is 12.5 Å². The Morgan fingerprint density at radius 1 is 1.36 bits per heavy atom. The van der Waals surface area contributed by atoms with E-state index < -0.39 is 0 Å². The average Bonchev–Trinajstić information content (AvgIpc) is 2.08. The second-order valence-electron chi connectivity index (χ2n) is 3.54. The van der Waals surface area contributed by atoms with Gasteiger partial charge in [-0.15, -0.1) is 0 Å². The molecule has 0 aliphatic heterocycles. The van der Waals surface area contributed by atoms with E-state index >= 15 is 0 Å². The molecule has 0 bridgehead atoms. The van der Waals surface area contributed by atoms with E-state index in [1.165, 1.54) is 0 Å². The lowest BCUT2D eigenvalue weighted by Gasteiger charge is -1.93. The van der Waals surface area contributed by atoms with Crippen LogP contribution >= 0.6 is 0 Å². The van der Waals surface area contributed by atoms with Gasteiger partial charge in [0.2, 0.25) is 0 Å². The van der Waals surface area contributed by atoms with Gasteiger partial charge in [-0.05, 0) is 25.0 Å². The Morgan fingerprint density at radius 2 is 2.07 bits per heavy atom. The largest absolute Gasteiger partial charge is 0.497 e. The summed E-state index contributed by atoms with van der Waals surface area (Å²) in [6, 6.07) is 0. The van der Waals surface area contributed by atoms with Gasteiger partial charge < -0.3 is 4.74 Å². The summed E-state index contributed by atoms with van der Waals surface area (Å²) in [4.78, 5) is 0. The molecule has 0 atom stereocenters. The molecule has 0 aliphatic carbocycles. The van der Waals surface area contributed by atoms with E-state index in [1.807, 2.05) is 31.2 Å². The van der Waals surface area contributed by atoms with Gasteiger partial charge in [0.1, 0.15) is 6.61 Å². The fourth-order valence-corrected chi connectivity index (χ4v) is 0.696. The number of rotatable bonds is 6. The molecule has 0 aliphatic rings. The van der Waals surface area contributed by atoms with Gasteiger partial charge in [0, 0.05) is 0 Å². The summed E-state index contributed by atoms with van der Waals surface area (Å²) in [5.41, 5.74) is 0.994. The minimum atomic E-state index is 0.601. The van der Waals surface area contributed by atoms with Gasteiger partial charge in [0.15, 0.2) is 0 Å². The highest BCUT2D eigenvalue weighted by atomic mass is 16.5. The van der Waals surface area contributed by atoms with Crippen LogP contribution in [-0.2, 0) is 4.74 Å². The van der Waals surface area contributed by atoms with E-state index in [2.05, 4.69) is 26.5 Å². The lowest BCUT2D eigenvalue weighted by molar-refractivity contribution is 0.289. The Bertz CT molecular complexity index is 232. The van der Waals surface area contributed by atoms with Gasteiger partial charge in [-0.25, -0.2) is 0 Å². The first-order chi connectivity index (χ1) is 6.63. The molecule has 0 amide bonds. The van der Waals surface area contributed by atoms with Crippen molar-refractivity contribution in [3.8, 4) is 0 Å². The average molecular weight is 192 g/mol. The van der Waals surface area contributed by atoms with E-state index in [9.17, 15) is 0 Å². The van der Waals surface area contributed by atoms with Crippen LogP contribution in [0.3, 0.4) is 0 Å². The summed E-state index contributed by atoms with van der Waals surface area (Å²) in [5, 5.41) is 0. The lowest BCUT2D eigenvalue weighted by Crippen LogP contribution is -1.80. The van der Waals surface area contributed by atoms with Crippen LogP contribution < -0.4 is 0 Å². The Morgan fingerprint density at radius 3 is 2.64 bits per heavy atom. The zero-order chi connectivity index (χ0) is 10.8. The Labute approximate surface area is 87.5 Å². The van der Waals surface area contributed by atoms with E-state index in [0.717, 1.165) is 5.57 Å².